The molecule has 1 aromatic rings. The Bertz CT molecular complexity index is 1310. The zero-order chi connectivity index (χ0) is 35.7. The molecule has 14 unspecified atom stereocenters. The van der Waals surface area contributed by atoms with Gasteiger partial charge >= 0.3 is 5.97 Å². The Morgan fingerprint density at radius 1 is 1.04 bits per heavy atom. The number of carbonyl (C=O) groups excluding carboxylic acids is 2. The van der Waals surface area contributed by atoms with E-state index in [1.165, 1.54) is 13.8 Å². The van der Waals surface area contributed by atoms with Crippen molar-refractivity contribution in [3.05, 3.63) is 35.4 Å². The summed E-state index contributed by atoms with van der Waals surface area (Å²) in [6.07, 6.45) is -0.945. The minimum Gasteiger partial charge on any atom is -0.459 e. The third-order valence-electron chi connectivity index (χ3n) is 11.0. The van der Waals surface area contributed by atoms with E-state index >= 15 is 0 Å². The summed E-state index contributed by atoms with van der Waals surface area (Å²) in [7, 11) is 1.92. The van der Waals surface area contributed by atoms with Gasteiger partial charge in [0.05, 0.1) is 42.5 Å². The van der Waals surface area contributed by atoms with Gasteiger partial charge in [0.1, 0.15) is 23.6 Å². The molecule has 2 bridgehead atoms. The summed E-state index contributed by atoms with van der Waals surface area (Å²) in [5, 5.41) is 45.9. The van der Waals surface area contributed by atoms with Crippen LogP contribution in [0.3, 0.4) is 0 Å². The van der Waals surface area contributed by atoms with Crippen LogP contribution in [-0.2, 0) is 35.1 Å². The van der Waals surface area contributed by atoms with Gasteiger partial charge in [-0.1, -0.05) is 38.8 Å². The summed E-state index contributed by atoms with van der Waals surface area (Å²) in [6.45, 7) is 12.1. The summed E-state index contributed by atoms with van der Waals surface area (Å²) in [4.78, 5) is 29.2. The van der Waals surface area contributed by atoms with Crippen LogP contribution in [0.5, 0.6) is 0 Å². The fraction of sp³-hybridized carbons (Fsp3) is 0.730. The number of hydrogen-bond donors (Lipinski definition) is 4. The molecule has 3 fully saturated rings. The predicted molar refractivity (Wildman–Crippen MR) is 177 cm³/mol. The summed E-state index contributed by atoms with van der Waals surface area (Å²) in [5.41, 5.74) is -1.25. The van der Waals surface area contributed by atoms with Gasteiger partial charge in [-0.05, 0) is 71.7 Å². The van der Waals surface area contributed by atoms with E-state index in [0.717, 1.165) is 11.1 Å². The van der Waals surface area contributed by atoms with Gasteiger partial charge in [-0.3, -0.25) is 14.5 Å². The van der Waals surface area contributed by atoms with Gasteiger partial charge in [0, 0.05) is 35.9 Å². The quantitative estimate of drug-likeness (QED) is 0.260. The van der Waals surface area contributed by atoms with Gasteiger partial charge in [0.25, 0.3) is 0 Å². The summed E-state index contributed by atoms with van der Waals surface area (Å²) >= 11 is 0. The number of aliphatic hydroxyl groups excluding tert-OH is 3. The van der Waals surface area contributed by atoms with Crippen molar-refractivity contribution in [3.63, 3.8) is 0 Å². The lowest BCUT2D eigenvalue weighted by Gasteiger charge is -2.47. The van der Waals surface area contributed by atoms with Crippen molar-refractivity contribution in [1.82, 2.24) is 4.90 Å². The highest BCUT2D eigenvalue weighted by molar-refractivity contribution is 5.84. The van der Waals surface area contributed by atoms with Crippen molar-refractivity contribution < 1.29 is 49.0 Å². The van der Waals surface area contributed by atoms with E-state index in [1.54, 1.807) is 27.7 Å². The smallest absolute Gasteiger partial charge is 0.311 e. The molecule has 1 aromatic carbocycles. The standard InChI is InChI=1S/C37H55NO10/c1-10-24-12-14-25(15-13-24)18-38(9)27-16-20(3)46-35(31(27)41)48-33-22(5)29(39)23(6)34(43)47-28(11-2)37(8,44)32(42)21(4)30(40)26-17-36(33,7)45-19-26/h1,12-15,20-23,26-29,31-33,35,39,41-42,44H,11,16-19H2,2-9H3. The SMILES string of the molecule is C#Cc1ccc(CN(C)C2CC(C)OC(OC3C(C)C(O)C(C)C(=O)OC(CC)C(C)(O)C(O)C(C)C(=O)C4COC3(C)C4)C2O)cc1. The van der Waals surface area contributed by atoms with Gasteiger partial charge < -0.3 is 39.4 Å². The Kier molecular flexibility index (Phi) is 12.2. The molecule has 0 radical (unpaired) electrons. The summed E-state index contributed by atoms with van der Waals surface area (Å²) in [6, 6.07) is 7.33. The molecule has 3 aliphatic rings. The molecule has 11 nitrogen and oxygen atoms in total. The average molecular weight is 674 g/mol. The van der Waals surface area contributed by atoms with E-state index in [-0.39, 0.29) is 37.4 Å². The first-order valence-corrected chi connectivity index (χ1v) is 17.2. The second-order valence-corrected chi connectivity index (χ2v) is 14.8. The first-order valence-electron chi connectivity index (χ1n) is 17.2. The first kappa shape index (κ1) is 38.4. The van der Waals surface area contributed by atoms with E-state index in [4.69, 9.17) is 25.4 Å². The third-order valence-corrected chi connectivity index (χ3v) is 11.0. The number of Topliss-reactive ketones (excluding diaryl/α,β-unsaturated/α-hetero) is 1. The number of likely N-dealkylation sites (N-methyl/N-ethyl adjacent to an activating group) is 1. The number of benzene rings is 1. The molecule has 14 atom stereocenters. The van der Waals surface area contributed by atoms with E-state index in [1.807, 2.05) is 43.1 Å². The normalized spacial score (nSPS) is 43.0. The summed E-state index contributed by atoms with van der Waals surface area (Å²) < 4.78 is 24.8. The number of ketones is 1. The number of fused-ring (bicyclic) bond motifs is 2. The lowest BCUT2D eigenvalue weighted by molar-refractivity contribution is -0.299. The molecule has 11 heteroatoms. The maximum Gasteiger partial charge on any atom is 0.311 e. The van der Waals surface area contributed by atoms with Gasteiger partial charge in [-0.15, -0.1) is 6.42 Å². The van der Waals surface area contributed by atoms with Gasteiger partial charge in [0.2, 0.25) is 0 Å². The van der Waals surface area contributed by atoms with Crippen molar-refractivity contribution in [3.8, 4) is 12.3 Å². The lowest BCUT2D eigenvalue weighted by atomic mass is 9.75. The van der Waals surface area contributed by atoms with Crippen LogP contribution in [0.1, 0.15) is 78.9 Å². The van der Waals surface area contributed by atoms with E-state index in [0.29, 0.717) is 13.0 Å². The molecule has 0 amide bonds. The van der Waals surface area contributed by atoms with Gasteiger partial charge in [0.15, 0.2) is 6.29 Å². The molecule has 4 rings (SSSR count). The van der Waals surface area contributed by atoms with Crippen molar-refractivity contribution in [2.24, 2.45) is 23.7 Å². The minimum atomic E-state index is -1.92. The van der Waals surface area contributed by atoms with Crippen LogP contribution in [-0.4, -0.2) is 111 Å². The number of cyclic esters (lactones) is 1. The second-order valence-electron chi connectivity index (χ2n) is 14.8. The van der Waals surface area contributed by atoms with E-state index in [2.05, 4.69) is 5.92 Å². The Morgan fingerprint density at radius 3 is 2.29 bits per heavy atom. The van der Waals surface area contributed by atoms with Crippen LogP contribution < -0.4 is 0 Å². The number of hydrogen-bond acceptors (Lipinski definition) is 11. The van der Waals surface area contributed by atoms with Crippen molar-refractivity contribution in [1.29, 1.82) is 0 Å². The topological polar surface area (TPSA) is 155 Å². The molecule has 0 spiro atoms. The van der Waals surface area contributed by atoms with E-state index in [9.17, 15) is 30.0 Å². The molecule has 4 N–H and O–H groups in total. The van der Waals surface area contributed by atoms with Crippen molar-refractivity contribution in [2.75, 3.05) is 13.7 Å². The highest BCUT2D eigenvalue weighted by Crippen LogP contribution is 2.43. The zero-order valence-electron chi connectivity index (χ0n) is 29.5. The molecule has 0 aliphatic carbocycles. The highest BCUT2D eigenvalue weighted by atomic mass is 16.7. The highest BCUT2D eigenvalue weighted by Gasteiger charge is 2.55. The predicted octanol–water partition coefficient (Wildman–Crippen LogP) is 2.43. The number of aliphatic hydroxyl groups is 4. The molecule has 0 saturated carbocycles. The Balaban J connectivity index is 1.64. The summed E-state index contributed by atoms with van der Waals surface area (Å²) in [5.74, 6) is -1.88. The van der Waals surface area contributed by atoms with Gasteiger partial charge in [-0.25, -0.2) is 0 Å². The van der Waals surface area contributed by atoms with Crippen molar-refractivity contribution in [2.45, 2.75) is 134 Å². The van der Waals surface area contributed by atoms with Gasteiger partial charge in [-0.2, -0.15) is 0 Å². The van der Waals surface area contributed by atoms with Crippen LogP contribution in [0.25, 0.3) is 0 Å². The van der Waals surface area contributed by atoms with E-state index < -0.39 is 77.7 Å². The van der Waals surface area contributed by atoms with Crippen LogP contribution >= 0.6 is 0 Å². The minimum absolute atomic E-state index is 0.0354. The van der Waals surface area contributed by atoms with Crippen LogP contribution in [0.4, 0.5) is 0 Å². The van der Waals surface area contributed by atoms with Crippen LogP contribution in [0.2, 0.25) is 0 Å². The monoisotopic (exact) mass is 673 g/mol. The number of ether oxygens (including phenoxy) is 4. The number of rotatable bonds is 6. The largest absolute Gasteiger partial charge is 0.459 e. The second kappa shape index (κ2) is 15.2. The number of carbonyl (C=O) groups is 2. The van der Waals surface area contributed by atoms with Crippen LogP contribution in [0, 0.1) is 36.0 Å². The molecular formula is C37H55NO10. The average Bonchev–Trinajstić information content (AvgIpc) is 3.47. The van der Waals surface area contributed by atoms with Crippen LogP contribution in [0.15, 0.2) is 24.3 Å². The number of nitrogens with zero attached hydrogens (tertiary/aromatic N) is 1. The maximum atomic E-state index is 13.7. The third kappa shape index (κ3) is 7.82. The molecule has 3 aliphatic heterocycles. The molecule has 48 heavy (non-hydrogen) atoms. The zero-order valence-corrected chi connectivity index (χ0v) is 29.5. The number of terminal acetylenes is 1. The Labute approximate surface area is 284 Å². The Hall–Kier alpha value is -2.40. The lowest BCUT2D eigenvalue weighted by Crippen LogP contribution is -2.59. The Morgan fingerprint density at radius 2 is 1.69 bits per heavy atom. The fourth-order valence-electron chi connectivity index (χ4n) is 7.80. The molecule has 268 valence electrons. The van der Waals surface area contributed by atoms with Crippen molar-refractivity contribution >= 4 is 11.8 Å². The maximum absolute atomic E-state index is 13.7. The molecular weight excluding hydrogens is 618 g/mol. The first-order chi connectivity index (χ1) is 22.4. The molecule has 0 aromatic heterocycles. The molecule has 3 heterocycles. The number of esters is 1. The fourth-order valence-corrected chi connectivity index (χ4v) is 7.80. The molecule has 3 saturated heterocycles.